The van der Waals surface area contributed by atoms with Crippen molar-refractivity contribution in [1.82, 2.24) is 0 Å². The molecule has 0 atom stereocenters. The fraction of sp³-hybridized carbons (Fsp3) is 0.350. The van der Waals surface area contributed by atoms with Gasteiger partial charge < -0.3 is 9.64 Å². The Balaban J connectivity index is 2.15. The molecule has 0 bridgehead atoms. The molecule has 2 aromatic carbocycles. The summed E-state index contributed by atoms with van der Waals surface area (Å²) < 4.78 is 31.5. The molecule has 3 rings (SSSR count). The van der Waals surface area contributed by atoms with Gasteiger partial charge in [-0.3, -0.25) is 4.79 Å². The Bertz CT molecular complexity index is 921. The number of methoxy groups -OCH3 is 1. The summed E-state index contributed by atoms with van der Waals surface area (Å²) in [4.78, 5) is 15.0. The standard InChI is InChI=1S/C20H23NO4S/c1-3-4-5-8-13-21-17-9-6-7-10-19(17)26(23,24)18-12-11-15(25-2)14-16(18)20(21)22/h6-7,9-12,14H,3-5,8,13H2,1-2H3. The van der Waals surface area contributed by atoms with Gasteiger partial charge in [0.15, 0.2) is 0 Å². The van der Waals surface area contributed by atoms with E-state index in [4.69, 9.17) is 4.74 Å². The van der Waals surface area contributed by atoms with E-state index in [2.05, 4.69) is 6.92 Å². The molecule has 6 heteroatoms. The number of fused-ring (bicyclic) bond motifs is 2. The van der Waals surface area contributed by atoms with Gasteiger partial charge in [0.1, 0.15) is 5.75 Å². The quantitative estimate of drug-likeness (QED) is 0.716. The highest BCUT2D eigenvalue weighted by Crippen LogP contribution is 2.38. The zero-order valence-corrected chi connectivity index (χ0v) is 15.9. The van der Waals surface area contributed by atoms with E-state index in [0.717, 1.165) is 25.7 Å². The number of nitrogens with zero attached hydrogens (tertiary/aromatic N) is 1. The van der Waals surface area contributed by atoms with Crippen molar-refractivity contribution >= 4 is 21.4 Å². The molecule has 0 spiro atoms. The van der Waals surface area contributed by atoms with Gasteiger partial charge in [-0.25, -0.2) is 8.42 Å². The van der Waals surface area contributed by atoms with Crippen LogP contribution in [0, 0.1) is 0 Å². The highest BCUT2D eigenvalue weighted by atomic mass is 32.2. The van der Waals surface area contributed by atoms with Gasteiger partial charge in [0.2, 0.25) is 9.84 Å². The number of amides is 1. The molecule has 1 aliphatic heterocycles. The van der Waals surface area contributed by atoms with Crippen molar-refractivity contribution in [3.63, 3.8) is 0 Å². The molecule has 26 heavy (non-hydrogen) atoms. The van der Waals surface area contributed by atoms with Crippen LogP contribution >= 0.6 is 0 Å². The van der Waals surface area contributed by atoms with E-state index in [-0.39, 0.29) is 21.3 Å². The van der Waals surface area contributed by atoms with Gasteiger partial charge in [0.25, 0.3) is 5.91 Å². The minimum Gasteiger partial charge on any atom is -0.497 e. The second-order valence-electron chi connectivity index (χ2n) is 6.35. The van der Waals surface area contributed by atoms with E-state index < -0.39 is 9.84 Å². The van der Waals surface area contributed by atoms with Crippen LogP contribution in [-0.2, 0) is 9.84 Å². The molecular weight excluding hydrogens is 350 g/mol. The minimum absolute atomic E-state index is 0.0341. The van der Waals surface area contributed by atoms with Gasteiger partial charge in [0.05, 0.1) is 28.2 Å². The summed E-state index contributed by atoms with van der Waals surface area (Å²) >= 11 is 0. The number of anilines is 1. The molecule has 1 amide bonds. The lowest BCUT2D eigenvalue weighted by molar-refractivity contribution is 0.0983. The molecule has 0 radical (unpaired) electrons. The van der Waals surface area contributed by atoms with E-state index in [1.807, 2.05) is 0 Å². The van der Waals surface area contributed by atoms with Gasteiger partial charge in [0, 0.05) is 6.54 Å². The van der Waals surface area contributed by atoms with Crippen molar-refractivity contribution in [3.05, 3.63) is 48.0 Å². The number of carbonyl (C=O) groups is 1. The molecule has 0 saturated carbocycles. The molecule has 1 aliphatic rings. The highest BCUT2D eigenvalue weighted by Gasteiger charge is 2.35. The van der Waals surface area contributed by atoms with Crippen molar-refractivity contribution in [3.8, 4) is 5.75 Å². The fourth-order valence-corrected chi connectivity index (χ4v) is 4.87. The maximum atomic E-state index is 13.2. The predicted octanol–water partition coefficient (Wildman–Crippen LogP) is 4.07. The number of unbranched alkanes of at least 4 members (excludes halogenated alkanes) is 3. The number of hydrogen-bond donors (Lipinski definition) is 0. The number of hydrogen-bond acceptors (Lipinski definition) is 4. The number of rotatable bonds is 6. The van der Waals surface area contributed by atoms with Gasteiger partial charge >= 0.3 is 0 Å². The van der Waals surface area contributed by atoms with Crippen LogP contribution in [0.1, 0.15) is 43.0 Å². The van der Waals surface area contributed by atoms with Gasteiger partial charge in [-0.05, 0) is 36.8 Å². The first-order valence-corrected chi connectivity index (χ1v) is 10.3. The van der Waals surface area contributed by atoms with E-state index in [1.165, 1.54) is 19.2 Å². The first-order chi connectivity index (χ1) is 12.5. The van der Waals surface area contributed by atoms with Crippen LogP contribution in [0.3, 0.4) is 0 Å². The van der Waals surface area contributed by atoms with Crippen LogP contribution in [0.4, 0.5) is 5.69 Å². The largest absolute Gasteiger partial charge is 0.497 e. The third kappa shape index (κ3) is 3.21. The highest BCUT2D eigenvalue weighted by molar-refractivity contribution is 7.91. The molecule has 0 saturated heterocycles. The summed E-state index contributed by atoms with van der Waals surface area (Å²) in [6.45, 7) is 2.61. The molecule has 0 unspecified atom stereocenters. The Labute approximate surface area is 154 Å². The Morgan fingerprint density at radius 2 is 1.77 bits per heavy atom. The maximum absolute atomic E-state index is 13.2. The summed E-state index contributed by atoms with van der Waals surface area (Å²) in [5.74, 6) is 0.160. The monoisotopic (exact) mass is 373 g/mol. The summed E-state index contributed by atoms with van der Waals surface area (Å²) in [6, 6.07) is 11.3. The van der Waals surface area contributed by atoms with E-state index in [0.29, 0.717) is 18.0 Å². The zero-order chi connectivity index (χ0) is 18.7. The molecule has 138 valence electrons. The second-order valence-corrected chi connectivity index (χ2v) is 8.24. The van der Waals surface area contributed by atoms with Crippen molar-refractivity contribution in [2.45, 2.75) is 42.4 Å². The van der Waals surface area contributed by atoms with Crippen LogP contribution in [0.15, 0.2) is 52.3 Å². The first-order valence-electron chi connectivity index (χ1n) is 8.84. The summed E-state index contributed by atoms with van der Waals surface area (Å²) in [5.41, 5.74) is 0.611. The number of sulfone groups is 1. The number of benzene rings is 2. The van der Waals surface area contributed by atoms with Crippen LogP contribution < -0.4 is 9.64 Å². The molecule has 5 nitrogen and oxygen atoms in total. The normalized spacial score (nSPS) is 15.2. The van der Waals surface area contributed by atoms with Gasteiger partial charge in [-0.1, -0.05) is 38.3 Å². The third-order valence-corrected chi connectivity index (χ3v) is 6.49. The molecule has 2 aromatic rings. The second kappa shape index (κ2) is 7.50. The predicted molar refractivity (Wildman–Crippen MR) is 101 cm³/mol. The Morgan fingerprint density at radius 3 is 2.50 bits per heavy atom. The smallest absolute Gasteiger partial charge is 0.259 e. The molecule has 0 aromatic heterocycles. The Kier molecular flexibility index (Phi) is 5.32. The van der Waals surface area contributed by atoms with E-state index in [1.54, 1.807) is 35.2 Å². The number of carbonyl (C=O) groups excluding carboxylic acids is 1. The molecule has 0 fully saturated rings. The lowest BCUT2D eigenvalue weighted by atomic mass is 10.1. The summed E-state index contributed by atoms with van der Waals surface area (Å²) in [7, 11) is -2.29. The average Bonchev–Trinajstić information content (AvgIpc) is 2.73. The molecule has 0 aliphatic carbocycles. The zero-order valence-electron chi connectivity index (χ0n) is 15.1. The Morgan fingerprint density at radius 1 is 1.00 bits per heavy atom. The lowest BCUT2D eigenvalue weighted by Crippen LogP contribution is -2.31. The van der Waals surface area contributed by atoms with Crippen LogP contribution in [0.2, 0.25) is 0 Å². The molecule has 0 N–H and O–H groups in total. The van der Waals surface area contributed by atoms with Gasteiger partial charge in [-0.15, -0.1) is 0 Å². The fourth-order valence-electron chi connectivity index (χ4n) is 3.24. The van der Waals surface area contributed by atoms with Crippen molar-refractivity contribution in [1.29, 1.82) is 0 Å². The van der Waals surface area contributed by atoms with Crippen LogP contribution in [-0.4, -0.2) is 28.0 Å². The first kappa shape index (κ1) is 18.5. The number of para-hydroxylation sites is 1. The average molecular weight is 373 g/mol. The van der Waals surface area contributed by atoms with Crippen LogP contribution in [0.25, 0.3) is 0 Å². The van der Waals surface area contributed by atoms with Crippen molar-refractivity contribution < 1.29 is 17.9 Å². The maximum Gasteiger partial charge on any atom is 0.259 e. The molecular formula is C20H23NO4S. The van der Waals surface area contributed by atoms with Crippen molar-refractivity contribution in [2.24, 2.45) is 0 Å². The molecule has 1 heterocycles. The lowest BCUT2D eigenvalue weighted by Gasteiger charge is -2.22. The van der Waals surface area contributed by atoms with E-state index in [9.17, 15) is 13.2 Å². The SMILES string of the molecule is CCCCCCN1C(=O)c2cc(OC)ccc2S(=O)(=O)c2ccccc21. The summed E-state index contributed by atoms with van der Waals surface area (Å²) in [6.07, 6.45) is 4.01. The number of ether oxygens (including phenoxy) is 1. The summed E-state index contributed by atoms with van der Waals surface area (Å²) in [5, 5.41) is 0. The van der Waals surface area contributed by atoms with E-state index >= 15 is 0 Å². The third-order valence-electron chi connectivity index (χ3n) is 4.63. The Hall–Kier alpha value is -2.34. The van der Waals surface area contributed by atoms with Crippen LogP contribution in [0.5, 0.6) is 5.75 Å². The van der Waals surface area contributed by atoms with Gasteiger partial charge in [-0.2, -0.15) is 0 Å². The van der Waals surface area contributed by atoms with Crippen molar-refractivity contribution in [2.75, 3.05) is 18.6 Å². The topological polar surface area (TPSA) is 63.7 Å². The minimum atomic E-state index is -3.78.